The molecule has 1 heterocycles. The zero-order chi connectivity index (χ0) is 12.3. The van der Waals surface area contributed by atoms with E-state index in [-0.39, 0.29) is 0 Å². The van der Waals surface area contributed by atoms with Crippen LogP contribution in [0.4, 0.5) is 0 Å². The van der Waals surface area contributed by atoms with Gasteiger partial charge in [0, 0.05) is 15.8 Å². The van der Waals surface area contributed by atoms with Crippen molar-refractivity contribution in [3.05, 3.63) is 52.9 Å². The van der Waals surface area contributed by atoms with Crippen LogP contribution in [-0.2, 0) is 4.79 Å². The number of thiophene rings is 1. The molecule has 0 bridgehead atoms. The van der Waals surface area contributed by atoms with E-state index in [1.165, 1.54) is 11.1 Å². The van der Waals surface area contributed by atoms with Gasteiger partial charge in [0.1, 0.15) is 0 Å². The van der Waals surface area contributed by atoms with Gasteiger partial charge in [-0.2, -0.15) is 0 Å². The SMILES string of the molecule is Cc1cccc(-c2ccc(/C=C/C(=O)O)s2)c1. The predicted molar refractivity (Wildman–Crippen MR) is 71.2 cm³/mol. The van der Waals surface area contributed by atoms with E-state index in [1.807, 2.05) is 18.2 Å². The van der Waals surface area contributed by atoms with Crippen LogP contribution in [-0.4, -0.2) is 11.1 Å². The van der Waals surface area contributed by atoms with Crippen molar-refractivity contribution >= 4 is 23.4 Å². The molecule has 1 aromatic carbocycles. The van der Waals surface area contributed by atoms with Gasteiger partial charge in [-0.05, 0) is 30.7 Å². The summed E-state index contributed by atoms with van der Waals surface area (Å²) in [6.45, 7) is 2.06. The molecule has 1 N–H and O–H groups in total. The van der Waals surface area contributed by atoms with Crippen LogP contribution in [0.1, 0.15) is 10.4 Å². The van der Waals surface area contributed by atoms with Crippen LogP contribution in [0, 0.1) is 6.92 Å². The molecule has 0 unspecified atom stereocenters. The van der Waals surface area contributed by atoms with Crippen molar-refractivity contribution in [1.29, 1.82) is 0 Å². The Labute approximate surface area is 104 Å². The third-order valence-electron chi connectivity index (χ3n) is 2.32. The number of rotatable bonds is 3. The van der Waals surface area contributed by atoms with Crippen molar-refractivity contribution in [3.63, 3.8) is 0 Å². The highest BCUT2D eigenvalue weighted by atomic mass is 32.1. The van der Waals surface area contributed by atoms with Crippen LogP contribution in [0.25, 0.3) is 16.5 Å². The minimum atomic E-state index is -0.921. The fraction of sp³-hybridized carbons (Fsp3) is 0.0714. The normalized spacial score (nSPS) is 10.9. The molecule has 1 aromatic heterocycles. The number of aryl methyl sites for hydroxylation is 1. The molecule has 0 saturated heterocycles. The van der Waals surface area contributed by atoms with Gasteiger partial charge in [0.2, 0.25) is 0 Å². The highest BCUT2D eigenvalue weighted by Crippen LogP contribution is 2.29. The lowest BCUT2D eigenvalue weighted by atomic mass is 10.1. The summed E-state index contributed by atoms with van der Waals surface area (Å²) in [5.74, 6) is -0.921. The first-order valence-electron chi connectivity index (χ1n) is 5.23. The first-order chi connectivity index (χ1) is 8.15. The smallest absolute Gasteiger partial charge is 0.328 e. The van der Waals surface area contributed by atoms with Crippen LogP contribution in [0.3, 0.4) is 0 Å². The molecule has 0 saturated carbocycles. The number of benzene rings is 1. The minimum Gasteiger partial charge on any atom is -0.478 e. The van der Waals surface area contributed by atoms with E-state index in [1.54, 1.807) is 17.4 Å². The predicted octanol–water partition coefficient (Wildman–Crippen LogP) is 3.82. The molecule has 0 aliphatic carbocycles. The lowest BCUT2D eigenvalue weighted by Crippen LogP contribution is -1.84. The molecule has 0 spiro atoms. The monoisotopic (exact) mass is 244 g/mol. The molecule has 2 aromatic rings. The standard InChI is InChI=1S/C14H12O2S/c1-10-3-2-4-11(9-10)13-7-5-12(17-13)6-8-14(15)16/h2-9H,1H3,(H,15,16)/b8-6+. The fourth-order valence-corrected chi connectivity index (χ4v) is 2.46. The van der Waals surface area contributed by atoms with Gasteiger partial charge in [0.25, 0.3) is 0 Å². The van der Waals surface area contributed by atoms with Crippen molar-refractivity contribution in [2.75, 3.05) is 0 Å². The van der Waals surface area contributed by atoms with Crippen molar-refractivity contribution < 1.29 is 9.90 Å². The molecule has 0 aliphatic rings. The van der Waals surface area contributed by atoms with Gasteiger partial charge in [-0.25, -0.2) is 4.79 Å². The maximum absolute atomic E-state index is 10.4. The van der Waals surface area contributed by atoms with Gasteiger partial charge in [0.15, 0.2) is 0 Å². The first kappa shape index (κ1) is 11.6. The summed E-state index contributed by atoms with van der Waals surface area (Å²) >= 11 is 1.59. The Morgan fingerprint density at radius 3 is 2.82 bits per heavy atom. The average molecular weight is 244 g/mol. The van der Waals surface area contributed by atoms with E-state index < -0.39 is 5.97 Å². The Bertz CT molecular complexity index is 567. The Morgan fingerprint density at radius 1 is 1.29 bits per heavy atom. The summed E-state index contributed by atoms with van der Waals surface area (Å²) < 4.78 is 0. The quantitative estimate of drug-likeness (QED) is 0.833. The highest BCUT2D eigenvalue weighted by Gasteiger charge is 2.01. The summed E-state index contributed by atoms with van der Waals surface area (Å²) in [5.41, 5.74) is 2.39. The zero-order valence-corrected chi connectivity index (χ0v) is 10.2. The molecule has 3 heteroatoms. The molecule has 2 rings (SSSR count). The van der Waals surface area contributed by atoms with Crippen molar-refractivity contribution in [1.82, 2.24) is 0 Å². The topological polar surface area (TPSA) is 37.3 Å². The van der Waals surface area contributed by atoms with Gasteiger partial charge in [-0.15, -0.1) is 11.3 Å². The van der Waals surface area contributed by atoms with Crippen molar-refractivity contribution in [2.45, 2.75) is 6.92 Å². The molecule has 0 fully saturated rings. The minimum absolute atomic E-state index is 0.921. The lowest BCUT2D eigenvalue weighted by molar-refractivity contribution is -0.131. The van der Waals surface area contributed by atoms with Crippen LogP contribution < -0.4 is 0 Å². The number of aliphatic carboxylic acids is 1. The number of carbonyl (C=O) groups is 1. The van der Waals surface area contributed by atoms with Crippen LogP contribution >= 0.6 is 11.3 Å². The van der Waals surface area contributed by atoms with Crippen molar-refractivity contribution in [2.24, 2.45) is 0 Å². The third kappa shape index (κ3) is 3.04. The third-order valence-corrected chi connectivity index (χ3v) is 3.42. The zero-order valence-electron chi connectivity index (χ0n) is 9.38. The van der Waals surface area contributed by atoms with Crippen LogP contribution in [0.2, 0.25) is 0 Å². The van der Waals surface area contributed by atoms with E-state index in [0.29, 0.717) is 0 Å². The number of carboxylic acids is 1. The van der Waals surface area contributed by atoms with Crippen molar-refractivity contribution in [3.8, 4) is 10.4 Å². The van der Waals surface area contributed by atoms with Gasteiger partial charge >= 0.3 is 5.97 Å². The molecule has 17 heavy (non-hydrogen) atoms. The Balaban J connectivity index is 2.27. The number of hydrogen-bond acceptors (Lipinski definition) is 2. The Morgan fingerprint density at radius 2 is 2.12 bits per heavy atom. The maximum Gasteiger partial charge on any atom is 0.328 e. The summed E-state index contributed by atoms with van der Waals surface area (Å²) in [7, 11) is 0. The molecular weight excluding hydrogens is 232 g/mol. The second-order valence-corrected chi connectivity index (χ2v) is 4.86. The Hall–Kier alpha value is -1.87. The highest BCUT2D eigenvalue weighted by molar-refractivity contribution is 7.16. The number of carboxylic acid groups (broad SMARTS) is 1. The molecular formula is C14H12O2S. The molecule has 0 aliphatic heterocycles. The summed E-state index contributed by atoms with van der Waals surface area (Å²) in [5, 5.41) is 8.55. The second kappa shape index (κ2) is 4.97. The fourth-order valence-electron chi connectivity index (χ4n) is 1.55. The molecule has 0 amide bonds. The van der Waals surface area contributed by atoms with E-state index in [2.05, 4.69) is 25.1 Å². The van der Waals surface area contributed by atoms with Gasteiger partial charge in [0.05, 0.1) is 0 Å². The lowest BCUT2D eigenvalue weighted by Gasteiger charge is -1.97. The molecule has 86 valence electrons. The van der Waals surface area contributed by atoms with Gasteiger partial charge in [-0.3, -0.25) is 0 Å². The average Bonchev–Trinajstić information content (AvgIpc) is 2.75. The van der Waals surface area contributed by atoms with E-state index in [4.69, 9.17) is 5.11 Å². The van der Waals surface area contributed by atoms with E-state index in [9.17, 15) is 4.79 Å². The van der Waals surface area contributed by atoms with E-state index >= 15 is 0 Å². The summed E-state index contributed by atoms with van der Waals surface area (Å²) in [6, 6.07) is 12.2. The maximum atomic E-state index is 10.4. The van der Waals surface area contributed by atoms with Gasteiger partial charge in [-0.1, -0.05) is 29.8 Å². The van der Waals surface area contributed by atoms with Gasteiger partial charge < -0.3 is 5.11 Å². The van der Waals surface area contributed by atoms with Crippen LogP contribution in [0.15, 0.2) is 42.5 Å². The summed E-state index contributed by atoms with van der Waals surface area (Å²) in [6.07, 6.45) is 2.78. The summed E-state index contributed by atoms with van der Waals surface area (Å²) in [4.78, 5) is 12.5. The first-order valence-corrected chi connectivity index (χ1v) is 6.05. The number of hydrogen-bond donors (Lipinski definition) is 1. The Kier molecular flexibility index (Phi) is 3.40. The largest absolute Gasteiger partial charge is 0.478 e. The molecule has 2 nitrogen and oxygen atoms in total. The second-order valence-electron chi connectivity index (χ2n) is 3.74. The molecule has 0 atom stereocenters. The molecule has 0 radical (unpaired) electrons. The van der Waals surface area contributed by atoms with Crippen LogP contribution in [0.5, 0.6) is 0 Å². The van der Waals surface area contributed by atoms with E-state index in [0.717, 1.165) is 15.8 Å².